The third-order valence-corrected chi connectivity index (χ3v) is 9.11. The van der Waals surface area contributed by atoms with Gasteiger partial charge in [0, 0.05) is 51.1 Å². The number of benzene rings is 2. The van der Waals surface area contributed by atoms with Gasteiger partial charge in [0.25, 0.3) is 0 Å². The highest BCUT2D eigenvalue weighted by Gasteiger charge is 2.42. The molecule has 0 saturated carbocycles. The Labute approximate surface area is 230 Å². The minimum atomic E-state index is -4.50. The monoisotopic (exact) mass is 593 g/mol. The molecule has 4 rings (SSSR count). The van der Waals surface area contributed by atoms with E-state index in [9.17, 15) is 26.4 Å². The number of hydrogen-bond donors (Lipinski definition) is 0. The van der Waals surface area contributed by atoms with Crippen LogP contribution in [0.3, 0.4) is 0 Å². The van der Waals surface area contributed by atoms with Crippen molar-refractivity contribution in [2.24, 2.45) is 5.92 Å². The molecule has 0 N–H and O–H groups in total. The second kappa shape index (κ2) is 11.1. The summed E-state index contributed by atoms with van der Waals surface area (Å²) < 4.78 is 70.6. The third-order valence-electron chi connectivity index (χ3n) is 7.07. The number of sulfonamides is 1. The van der Waals surface area contributed by atoms with Crippen LogP contribution in [0.4, 0.5) is 18.0 Å². The van der Waals surface area contributed by atoms with Crippen LogP contribution in [0.1, 0.15) is 24.0 Å². The van der Waals surface area contributed by atoms with Crippen LogP contribution < -0.4 is 4.74 Å². The predicted octanol–water partition coefficient (Wildman–Crippen LogP) is 5.19. The highest BCUT2D eigenvalue weighted by atomic mass is 35.5. The first-order valence-corrected chi connectivity index (χ1v) is 14.6. The Morgan fingerprint density at radius 2 is 1.68 bits per heavy atom. The summed E-state index contributed by atoms with van der Waals surface area (Å²) in [7, 11) is -3.34. The van der Waals surface area contributed by atoms with Gasteiger partial charge < -0.3 is 14.5 Å². The van der Waals surface area contributed by atoms with Gasteiger partial charge in [-0.15, -0.1) is 0 Å². The van der Waals surface area contributed by atoms with Crippen molar-refractivity contribution in [3.63, 3.8) is 0 Å². The quantitative estimate of drug-likeness (QED) is 0.478. The molecule has 0 spiro atoms. The summed E-state index contributed by atoms with van der Waals surface area (Å²) >= 11 is 12.4. The van der Waals surface area contributed by atoms with E-state index in [-0.39, 0.29) is 49.8 Å². The lowest BCUT2D eigenvalue weighted by atomic mass is 9.85. The molecule has 208 valence electrons. The Morgan fingerprint density at radius 3 is 2.29 bits per heavy atom. The van der Waals surface area contributed by atoms with Gasteiger partial charge >= 0.3 is 12.2 Å². The Morgan fingerprint density at radius 1 is 1.00 bits per heavy atom. The van der Waals surface area contributed by atoms with Crippen molar-refractivity contribution in [2.75, 3.05) is 45.5 Å². The molecular formula is C25H28Cl2F3N3O4S. The molecule has 2 saturated heterocycles. The van der Waals surface area contributed by atoms with Gasteiger partial charge in [-0.1, -0.05) is 35.3 Å². The molecule has 2 unspecified atom stereocenters. The van der Waals surface area contributed by atoms with Crippen LogP contribution in [0.5, 0.6) is 5.75 Å². The summed E-state index contributed by atoms with van der Waals surface area (Å²) in [6, 6.07) is 9.71. The minimum absolute atomic E-state index is 0.0851. The van der Waals surface area contributed by atoms with Crippen LogP contribution in [-0.4, -0.2) is 80.2 Å². The summed E-state index contributed by atoms with van der Waals surface area (Å²) in [5.41, 5.74) is 0.0285. The van der Waals surface area contributed by atoms with E-state index in [0.717, 1.165) is 24.0 Å². The molecule has 13 heteroatoms. The van der Waals surface area contributed by atoms with E-state index in [0.29, 0.717) is 23.1 Å². The molecule has 0 aromatic heterocycles. The number of carbonyl (C=O) groups excluding carboxylic acids is 1. The molecule has 2 aliphatic heterocycles. The molecule has 2 aromatic rings. The molecule has 7 nitrogen and oxygen atoms in total. The van der Waals surface area contributed by atoms with Crippen molar-refractivity contribution >= 4 is 39.3 Å². The van der Waals surface area contributed by atoms with Gasteiger partial charge in [-0.25, -0.2) is 13.2 Å². The number of amides is 2. The number of rotatable bonds is 5. The number of alkyl halides is 3. The summed E-state index contributed by atoms with van der Waals surface area (Å²) in [4.78, 5) is 16.7. The van der Waals surface area contributed by atoms with E-state index in [2.05, 4.69) is 0 Å². The van der Waals surface area contributed by atoms with Crippen molar-refractivity contribution in [2.45, 2.75) is 25.1 Å². The van der Waals surface area contributed by atoms with Crippen LogP contribution in [0.2, 0.25) is 10.0 Å². The van der Waals surface area contributed by atoms with Gasteiger partial charge in [0.1, 0.15) is 11.9 Å². The Kier molecular flexibility index (Phi) is 8.42. The summed E-state index contributed by atoms with van der Waals surface area (Å²) in [5, 5.41) is 0.742. The van der Waals surface area contributed by atoms with E-state index in [1.165, 1.54) is 16.4 Å². The largest absolute Gasteiger partial charge is 0.490 e. The Hall–Kier alpha value is -2.21. The molecule has 2 fully saturated rings. The van der Waals surface area contributed by atoms with Gasteiger partial charge in [0.15, 0.2) is 0 Å². The van der Waals surface area contributed by atoms with Crippen molar-refractivity contribution in [3.05, 3.63) is 63.6 Å². The molecule has 3 atom stereocenters. The lowest BCUT2D eigenvalue weighted by molar-refractivity contribution is -0.137. The van der Waals surface area contributed by atoms with Gasteiger partial charge in [-0.3, -0.25) is 0 Å². The Balaban J connectivity index is 1.54. The van der Waals surface area contributed by atoms with Gasteiger partial charge in [-0.2, -0.15) is 17.5 Å². The molecule has 2 heterocycles. The second-order valence-corrected chi connectivity index (χ2v) is 12.4. The third kappa shape index (κ3) is 6.50. The van der Waals surface area contributed by atoms with E-state index in [4.69, 9.17) is 27.9 Å². The van der Waals surface area contributed by atoms with Gasteiger partial charge in [0.2, 0.25) is 10.0 Å². The minimum Gasteiger partial charge on any atom is -0.490 e. The summed E-state index contributed by atoms with van der Waals surface area (Å²) in [6.07, 6.45) is -3.90. The molecule has 0 aliphatic carbocycles. The average molecular weight is 594 g/mol. The molecule has 0 bridgehead atoms. The maximum Gasteiger partial charge on any atom is 0.416 e. The number of urea groups is 1. The Bertz CT molecular complexity index is 1290. The van der Waals surface area contributed by atoms with Crippen molar-refractivity contribution in [1.82, 2.24) is 14.1 Å². The van der Waals surface area contributed by atoms with Crippen LogP contribution >= 0.6 is 23.2 Å². The smallest absolute Gasteiger partial charge is 0.416 e. The number of ether oxygens (including phenoxy) is 1. The molecule has 2 amide bonds. The molecule has 0 radical (unpaired) electrons. The van der Waals surface area contributed by atoms with Crippen molar-refractivity contribution in [3.8, 4) is 5.75 Å². The van der Waals surface area contributed by atoms with Gasteiger partial charge in [-0.05, 0) is 42.8 Å². The maximum atomic E-state index is 13.4. The zero-order chi connectivity index (χ0) is 27.8. The predicted molar refractivity (Wildman–Crippen MR) is 139 cm³/mol. The van der Waals surface area contributed by atoms with Crippen LogP contribution in [0.25, 0.3) is 0 Å². The summed E-state index contributed by atoms with van der Waals surface area (Å²) in [5.74, 6) is -0.392. The average Bonchev–Trinajstić information content (AvgIpc) is 3.30. The highest BCUT2D eigenvalue weighted by Crippen LogP contribution is 2.39. The number of hydrogen-bond acceptors (Lipinski definition) is 4. The number of piperazine rings is 1. The van der Waals surface area contributed by atoms with Crippen LogP contribution in [0.15, 0.2) is 42.5 Å². The molecular weight excluding hydrogens is 566 g/mol. The van der Waals surface area contributed by atoms with E-state index >= 15 is 0 Å². The van der Waals surface area contributed by atoms with E-state index < -0.39 is 27.9 Å². The first-order chi connectivity index (χ1) is 17.7. The van der Waals surface area contributed by atoms with Crippen molar-refractivity contribution < 1.29 is 31.1 Å². The fourth-order valence-corrected chi connectivity index (χ4v) is 6.15. The normalized spacial score (nSPS) is 22.0. The van der Waals surface area contributed by atoms with Crippen LogP contribution in [0, 0.1) is 5.92 Å². The van der Waals surface area contributed by atoms with E-state index in [1.54, 1.807) is 28.9 Å². The lowest BCUT2D eigenvalue weighted by Crippen LogP contribution is -2.53. The zero-order valence-corrected chi connectivity index (χ0v) is 23.1. The number of likely N-dealkylation sites (tertiary alicyclic amines) is 1. The van der Waals surface area contributed by atoms with Crippen molar-refractivity contribution in [1.29, 1.82) is 0 Å². The molecule has 2 aliphatic rings. The fourth-order valence-electron chi connectivity index (χ4n) is 5.02. The van der Waals surface area contributed by atoms with Crippen LogP contribution in [-0.2, 0) is 16.2 Å². The number of halogens is 5. The fraction of sp³-hybridized carbons (Fsp3) is 0.480. The number of carbonyl (C=O) groups is 1. The van der Waals surface area contributed by atoms with Gasteiger partial charge in [0.05, 0.1) is 21.9 Å². The lowest BCUT2D eigenvalue weighted by Gasteiger charge is -2.35. The molecule has 2 aromatic carbocycles. The first-order valence-electron chi connectivity index (χ1n) is 12.0. The summed E-state index contributed by atoms with van der Waals surface area (Å²) in [6.45, 7) is 3.37. The van der Waals surface area contributed by atoms with E-state index in [1.807, 2.05) is 6.07 Å². The SMILES string of the molecule is C[C@@H](Oc1cccc(C(F)(F)F)c1)C1CN(C(=O)N2CCN(S(C)(=O)=O)CC2)CC1c1ccc(Cl)c(Cl)c1. The second-order valence-electron chi connectivity index (χ2n) is 9.63. The number of nitrogens with zero attached hydrogens (tertiary/aromatic N) is 3. The first kappa shape index (κ1) is 28.8. The highest BCUT2D eigenvalue weighted by molar-refractivity contribution is 7.88. The topological polar surface area (TPSA) is 70.2 Å². The standard InChI is InChI=1S/C25H28Cl2F3N3O4S/c1-16(37-19-5-3-4-18(13-19)25(28,29)30)20-14-32(15-21(20)17-6-7-22(26)23(27)12-17)24(34)31-8-10-33(11-9-31)38(2,35)36/h3-7,12-13,16,20-21H,8-11,14-15H2,1-2H3/t16-,20?,21?/m1/s1. The molecule has 38 heavy (non-hydrogen) atoms. The zero-order valence-electron chi connectivity index (χ0n) is 20.8. The maximum absolute atomic E-state index is 13.4.